The second-order valence-electron chi connectivity index (χ2n) is 3.54. The normalized spacial score (nSPS) is 12.8. The molecule has 3 nitrogen and oxygen atoms in total. The zero-order chi connectivity index (χ0) is 12.0. The van der Waals surface area contributed by atoms with Crippen LogP contribution < -0.4 is 14.8 Å². The first-order valence-corrected chi connectivity index (χ1v) is 5.28. The van der Waals surface area contributed by atoms with Crippen molar-refractivity contribution in [3.63, 3.8) is 0 Å². The van der Waals surface area contributed by atoms with E-state index in [4.69, 9.17) is 9.47 Å². The number of benzene rings is 1. The van der Waals surface area contributed by atoms with Crippen molar-refractivity contribution in [1.82, 2.24) is 5.32 Å². The van der Waals surface area contributed by atoms with Crippen molar-refractivity contribution in [1.29, 1.82) is 0 Å². The number of methoxy groups -OCH3 is 2. The molecule has 0 amide bonds. The highest BCUT2D eigenvalue weighted by atomic mass is 16.5. The van der Waals surface area contributed by atoms with Gasteiger partial charge in [-0.05, 0) is 26.1 Å². The number of nitrogens with one attached hydrogen (secondary N) is 1. The molecule has 0 aliphatic carbocycles. The smallest absolute Gasteiger partial charge is 0.129 e. The molecule has 1 aromatic carbocycles. The van der Waals surface area contributed by atoms with Gasteiger partial charge in [-0.15, -0.1) is 0 Å². The first-order chi connectivity index (χ1) is 7.71. The first-order valence-electron chi connectivity index (χ1n) is 5.28. The molecule has 0 aliphatic heterocycles. The van der Waals surface area contributed by atoms with Crippen LogP contribution in [0.2, 0.25) is 0 Å². The van der Waals surface area contributed by atoms with Gasteiger partial charge in [-0.1, -0.05) is 12.2 Å². The van der Waals surface area contributed by atoms with E-state index in [2.05, 4.69) is 18.3 Å². The van der Waals surface area contributed by atoms with Crippen molar-refractivity contribution in [2.75, 3.05) is 21.3 Å². The molecule has 0 radical (unpaired) electrons. The summed E-state index contributed by atoms with van der Waals surface area (Å²) in [4.78, 5) is 0. The zero-order valence-electron chi connectivity index (χ0n) is 10.3. The van der Waals surface area contributed by atoms with Gasteiger partial charge in [0.15, 0.2) is 0 Å². The summed E-state index contributed by atoms with van der Waals surface area (Å²) in [6.07, 6.45) is 4.13. The Morgan fingerprint density at radius 1 is 1.25 bits per heavy atom. The second-order valence-corrected chi connectivity index (χ2v) is 3.54. The van der Waals surface area contributed by atoms with Gasteiger partial charge < -0.3 is 14.8 Å². The summed E-state index contributed by atoms with van der Waals surface area (Å²) in [6.45, 7) is 2.09. The van der Waals surface area contributed by atoms with Crippen LogP contribution in [0.15, 0.2) is 24.3 Å². The van der Waals surface area contributed by atoms with Crippen LogP contribution in [0, 0.1) is 0 Å². The van der Waals surface area contributed by atoms with Crippen molar-refractivity contribution < 1.29 is 9.47 Å². The van der Waals surface area contributed by atoms with Gasteiger partial charge in [-0.2, -0.15) is 0 Å². The van der Waals surface area contributed by atoms with Crippen molar-refractivity contribution in [3.8, 4) is 11.5 Å². The van der Waals surface area contributed by atoms with E-state index in [-0.39, 0.29) is 0 Å². The molecule has 0 aliphatic rings. The predicted molar refractivity (Wildman–Crippen MR) is 67.1 cm³/mol. The van der Waals surface area contributed by atoms with Crippen LogP contribution in [0.5, 0.6) is 11.5 Å². The van der Waals surface area contributed by atoms with E-state index in [0.717, 1.165) is 17.1 Å². The standard InChI is InChI=1S/C13H19NO2/c1-10(14-2)5-6-11-7-8-12(15-3)9-13(11)16-4/h5-10,14H,1-4H3/b6-5+. The molecule has 0 aromatic heterocycles. The van der Waals surface area contributed by atoms with Crippen LogP contribution in [-0.2, 0) is 0 Å². The molecule has 0 fully saturated rings. The molecule has 88 valence electrons. The molecule has 1 atom stereocenters. The molecule has 1 rings (SSSR count). The Kier molecular flexibility index (Phi) is 4.86. The van der Waals surface area contributed by atoms with Crippen LogP contribution in [0.1, 0.15) is 12.5 Å². The topological polar surface area (TPSA) is 30.5 Å². The van der Waals surface area contributed by atoms with Gasteiger partial charge in [0, 0.05) is 17.7 Å². The minimum atomic E-state index is 0.340. The van der Waals surface area contributed by atoms with E-state index in [1.54, 1.807) is 14.2 Å². The van der Waals surface area contributed by atoms with E-state index in [1.807, 2.05) is 31.3 Å². The third-order valence-electron chi connectivity index (χ3n) is 2.46. The highest BCUT2D eigenvalue weighted by Gasteiger charge is 2.02. The lowest BCUT2D eigenvalue weighted by Crippen LogP contribution is -2.17. The lowest BCUT2D eigenvalue weighted by molar-refractivity contribution is 0.393. The van der Waals surface area contributed by atoms with Crippen molar-refractivity contribution >= 4 is 6.08 Å². The van der Waals surface area contributed by atoms with Gasteiger partial charge in [0.1, 0.15) is 11.5 Å². The molecule has 3 heteroatoms. The summed E-state index contributed by atoms with van der Waals surface area (Å²) in [7, 11) is 5.24. The van der Waals surface area contributed by atoms with Gasteiger partial charge in [0.25, 0.3) is 0 Å². The van der Waals surface area contributed by atoms with Crippen LogP contribution in [0.3, 0.4) is 0 Å². The SMILES string of the molecule is CNC(C)/C=C/c1ccc(OC)cc1OC. The fourth-order valence-corrected chi connectivity index (χ4v) is 1.30. The van der Waals surface area contributed by atoms with Crippen molar-refractivity contribution in [2.24, 2.45) is 0 Å². The Bertz CT molecular complexity index is 361. The molecule has 0 spiro atoms. The molecular formula is C13H19NO2. The summed E-state index contributed by atoms with van der Waals surface area (Å²) in [5.74, 6) is 1.62. The minimum absolute atomic E-state index is 0.340. The lowest BCUT2D eigenvalue weighted by Gasteiger charge is -2.08. The van der Waals surface area contributed by atoms with Crippen molar-refractivity contribution in [3.05, 3.63) is 29.8 Å². The number of hydrogen-bond donors (Lipinski definition) is 1. The molecular weight excluding hydrogens is 202 g/mol. The van der Waals surface area contributed by atoms with Gasteiger partial charge in [0.2, 0.25) is 0 Å². The van der Waals surface area contributed by atoms with E-state index in [1.165, 1.54) is 0 Å². The van der Waals surface area contributed by atoms with Gasteiger partial charge in [0.05, 0.1) is 14.2 Å². The van der Waals surface area contributed by atoms with Crippen LogP contribution >= 0.6 is 0 Å². The summed E-state index contributed by atoms with van der Waals surface area (Å²) in [5, 5.41) is 3.14. The van der Waals surface area contributed by atoms with E-state index >= 15 is 0 Å². The number of ether oxygens (including phenoxy) is 2. The fourth-order valence-electron chi connectivity index (χ4n) is 1.30. The molecule has 1 unspecified atom stereocenters. The Labute approximate surface area is 97.1 Å². The maximum absolute atomic E-state index is 5.30. The number of likely N-dealkylation sites (N-methyl/N-ethyl adjacent to an activating group) is 1. The van der Waals surface area contributed by atoms with Gasteiger partial charge >= 0.3 is 0 Å². The summed E-state index contributed by atoms with van der Waals surface area (Å²) in [5.41, 5.74) is 1.05. The lowest BCUT2D eigenvalue weighted by atomic mass is 10.1. The van der Waals surface area contributed by atoms with E-state index in [9.17, 15) is 0 Å². The fraction of sp³-hybridized carbons (Fsp3) is 0.385. The summed E-state index contributed by atoms with van der Waals surface area (Å²) in [6, 6.07) is 6.12. The minimum Gasteiger partial charge on any atom is -0.497 e. The van der Waals surface area contributed by atoms with E-state index in [0.29, 0.717) is 6.04 Å². The number of hydrogen-bond acceptors (Lipinski definition) is 3. The Morgan fingerprint density at radius 3 is 2.56 bits per heavy atom. The Balaban J connectivity index is 2.91. The molecule has 1 aromatic rings. The first kappa shape index (κ1) is 12.6. The quantitative estimate of drug-likeness (QED) is 0.827. The Morgan fingerprint density at radius 2 is 2.00 bits per heavy atom. The number of rotatable bonds is 5. The van der Waals surface area contributed by atoms with Crippen LogP contribution in [0.4, 0.5) is 0 Å². The maximum atomic E-state index is 5.30. The average molecular weight is 221 g/mol. The molecule has 0 saturated heterocycles. The van der Waals surface area contributed by atoms with E-state index < -0.39 is 0 Å². The van der Waals surface area contributed by atoms with Gasteiger partial charge in [-0.3, -0.25) is 0 Å². The molecule has 0 saturated carbocycles. The largest absolute Gasteiger partial charge is 0.497 e. The third-order valence-corrected chi connectivity index (χ3v) is 2.46. The van der Waals surface area contributed by atoms with Crippen molar-refractivity contribution in [2.45, 2.75) is 13.0 Å². The maximum Gasteiger partial charge on any atom is 0.129 e. The predicted octanol–water partition coefficient (Wildman–Crippen LogP) is 2.32. The summed E-state index contributed by atoms with van der Waals surface area (Å²) >= 11 is 0. The second kappa shape index (κ2) is 6.18. The molecule has 0 heterocycles. The molecule has 0 bridgehead atoms. The zero-order valence-corrected chi connectivity index (χ0v) is 10.3. The average Bonchev–Trinajstić information content (AvgIpc) is 2.35. The summed E-state index contributed by atoms with van der Waals surface area (Å²) < 4.78 is 10.4. The monoisotopic (exact) mass is 221 g/mol. The van der Waals surface area contributed by atoms with Crippen LogP contribution in [0.25, 0.3) is 6.08 Å². The third kappa shape index (κ3) is 3.28. The Hall–Kier alpha value is -1.48. The van der Waals surface area contributed by atoms with Crippen LogP contribution in [-0.4, -0.2) is 27.3 Å². The molecule has 16 heavy (non-hydrogen) atoms. The highest BCUT2D eigenvalue weighted by molar-refractivity contribution is 5.59. The van der Waals surface area contributed by atoms with Gasteiger partial charge in [-0.25, -0.2) is 0 Å². The molecule has 1 N–H and O–H groups in total. The highest BCUT2D eigenvalue weighted by Crippen LogP contribution is 2.25.